The van der Waals surface area contributed by atoms with Crippen LogP contribution in [0.15, 0.2) is 11.4 Å². The number of hydrogen-bond acceptors (Lipinski definition) is 4. The zero-order valence-corrected chi connectivity index (χ0v) is 13.5. The molecule has 2 heterocycles. The Bertz CT molecular complexity index is 407. The average molecular weight is 297 g/mol. The number of hydrogen-bond donors (Lipinski definition) is 1. The summed E-state index contributed by atoms with van der Waals surface area (Å²) in [5, 5.41) is 12.0. The number of thiophene rings is 1. The van der Waals surface area contributed by atoms with Gasteiger partial charge in [-0.2, -0.15) is 0 Å². The summed E-state index contributed by atoms with van der Waals surface area (Å²) < 4.78 is 5.16. The summed E-state index contributed by atoms with van der Waals surface area (Å²) in [6.45, 7) is 6.50. The number of ether oxygens (including phenoxy) is 1. The van der Waals surface area contributed by atoms with Crippen LogP contribution in [0.2, 0.25) is 0 Å². The fourth-order valence-electron chi connectivity index (χ4n) is 3.22. The number of piperidine rings is 1. The lowest BCUT2D eigenvalue weighted by atomic mass is 9.77. The van der Waals surface area contributed by atoms with Gasteiger partial charge < -0.3 is 9.84 Å². The molecule has 114 valence electrons. The molecule has 1 N–H and O–H groups in total. The predicted octanol–water partition coefficient (Wildman–Crippen LogP) is 3.06. The van der Waals surface area contributed by atoms with Crippen molar-refractivity contribution in [3.63, 3.8) is 0 Å². The van der Waals surface area contributed by atoms with Crippen LogP contribution in [-0.2, 0) is 11.3 Å². The van der Waals surface area contributed by atoms with E-state index in [0.717, 1.165) is 45.5 Å². The first-order valence-corrected chi connectivity index (χ1v) is 8.42. The van der Waals surface area contributed by atoms with Crippen molar-refractivity contribution in [2.45, 2.75) is 39.2 Å². The number of aryl methyl sites for hydroxylation is 1. The van der Waals surface area contributed by atoms with Crippen molar-refractivity contribution >= 4 is 11.3 Å². The Hall–Kier alpha value is -0.420. The molecule has 1 atom stereocenters. The van der Waals surface area contributed by atoms with E-state index in [9.17, 15) is 5.11 Å². The molecule has 0 bridgehead atoms. The van der Waals surface area contributed by atoms with Gasteiger partial charge in [0.2, 0.25) is 0 Å². The van der Waals surface area contributed by atoms with Gasteiger partial charge in [-0.05, 0) is 56.2 Å². The van der Waals surface area contributed by atoms with Crippen molar-refractivity contribution in [3.05, 3.63) is 21.9 Å². The van der Waals surface area contributed by atoms with E-state index in [1.165, 1.54) is 16.9 Å². The molecule has 1 aliphatic heterocycles. The van der Waals surface area contributed by atoms with Gasteiger partial charge in [0.25, 0.3) is 0 Å². The Balaban J connectivity index is 1.93. The maximum Gasteiger partial charge on any atom is 0.0499 e. The molecule has 1 aromatic rings. The van der Waals surface area contributed by atoms with Crippen LogP contribution in [-0.4, -0.2) is 43.4 Å². The average Bonchev–Trinajstić information content (AvgIpc) is 2.85. The highest BCUT2D eigenvalue weighted by atomic mass is 32.1. The zero-order valence-electron chi connectivity index (χ0n) is 12.7. The lowest BCUT2D eigenvalue weighted by Gasteiger charge is -2.42. The van der Waals surface area contributed by atoms with Crippen molar-refractivity contribution in [1.82, 2.24) is 4.90 Å². The second-order valence-electron chi connectivity index (χ2n) is 6.10. The van der Waals surface area contributed by atoms with E-state index >= 15 is 0 Å². The summed E-state index contributed by atoms with van der Waals surface area (Å²) >= 11 is 1.85. The van der Waals surface area contributed by atoms with E-state index in [1.54, 1.807) is 7.11 Å². The molecule has 20 heavy (non-hydrogen) atoms. The summed E-state index contributed by atoms with van der Waals surface area (Å²) in [7, 11) is 1.75. The van der Waals surface area contributed by atoms with Gasteiger partial charge in [-0.3, -0.25) is 4.90 Å². The zero-order chi connectivity index (χ0) is 14.4. The topological polar surface area (TPSA) is 32.7 Å². The molecule has 0 aliphatic carbocycles. The fraction of sp³-hybridized carbons (Fsp3) is 0.750. The Labute approximate surface area is 126 Å². The number of likely N-dealkylation sites (tertiary alicyclic amines) is 1. The molecule has 4 heteroatoms. The normalized spacial score (nSPS) is 24.1. The second kappa shape index (κ2) is 7.55. The molecular formula is C16H27NO2S. The van der Waals surface area contributed by atoms with Gasteiger partial charge in [-0.15, -0.1) is 11.3 Å². The Kier molecular flexibility index (Phi) is 6.02. The molecule has 3 nitrogen and oxygen atoms in total. The standard InChI is InChI=1S/C16H27NO2S/c1-14-5-10-20-15(14)11-17-8-3-6-16(12-17,13-18)7-4-9-19-2/h5,10,18H,3-4,6-9,11-13H2,1-2H3/t16-/m1/s1. The molecule has 0 unspecified atom stereocenters. The van der Waals surface area contributed by atoms with Crippen LogP contribution >= 0.6 is 11.3 Å². The van der Waals surface area contributed by atoms with Gasteiger partial charge in [-0.1, -0.05) is 0 Å². The third-order valence-electron chi connectivity index (χ3n) is 4.47. The SMILES string of the molecule is COCCC[C@]1(CO)CCCN(Cc2sccc2C)C1. The highest BCUT2D eigenvalue weighted by Gasteiger charge is 2.34. The van der Waals surface area contributed by atoms with Crippen LogP contribution in [0.3, 0.4) is 0 Å². The third kappa shape index (κ3) is 4.04. The van der Waals surface area contributed by atoms with Gasteiger partial charge in [0.1, 0.15) is 0 Å². The van der Waals surface area contributed by atoms with E-state index in [1.807, 2.05) is 11.3 Å². The quantitative estimate of drug-likeness (QED) is 0.785. The van der Waals surface area contributed by atoms with Crippen LogP contribution in [0, 0.1) is 12.3 Å². The van der Waals surface area contributed by atoms with Gasteiger partial charge in [0.15, 0.2) is 0 Å². The minimum absolute atomic E-state index is 0.0853. The van der Waals surface area contributed by atoms with Crippen LogP contribution < -0.4 is 0 Å². The largest absolute Gasteiger partial charge is 0.396 e. The molecule has 1 fully saturated rings. The molecule has 1 aliphatic rings. The first kappa shape index (κ1) is 16.0. The smallest absolute Gasteiger partial charge is 0.0499 e. The molecule has 0 saturated carbocycles. The summed E-state index contributed by atoms with van der Waals surface area (Å²) in [5.74, 6) is 0. The van der Waals surface area contributed by atoms with Gasteiger partial charge in [0, 0.05) is 43.7 Å². The summed E-state index contributed by atoms with van der Waals surface area (Å²) in [4.78, 5) is 3.99. The minimum Gasteiger partial charge on any atom is -0.396 e. The van der Waals surface area contributed by atoms with E-state index in [4.69, 9.17) is 4.74 Å². The highest BCUT2D eigenvalue weighted by molar-refractivity contribution is 7.10. The van der Waals surface area contributed by atoms with Gasteiger partial charge >= 0.3 is 0 Å². The Morgan fingerprint density at radius 2 is 2.35 bits per heavy atom. The van der Waals surface area contributed by atoms with Crippen molar-refractivity contribution in [3.8, 4) is 0 Å². The van der Waals surface area contributed by atoms with Crippen molar-refractivity contribution < 1.29 is 9.84 Å². The summed E-state index contributed by atoms with van der Waals surface area (Å²) in [6, 6.07) is 2.20. The molecule has 0 amide bonds. The van der Waals surface area contributed by atoms with Crippen LogP contribution in [0.5, 0.6) is 0 Å². The third-order valence-corrected chi connectivity index (χ3v) is 5.47. The molecule has 0 spiro atoms. The molecule has 2 rings (SSSR count). The van der Waals surface area contributed by atoms with Crippen molar-refractivity contribution in [1.29, 1.82) is 0 Å². The van der Waals surface area contributed by atoms with E-state index in [-0.39, 0.29) is 5.41 Å². The maximum absolute atomic E-state index is 9.87. The predicted molar refractivity (Wildman–Crippen MR) is 84.2 cm³/mol. The number of nitrogens with zero attached hydrogens (tertiary/aromatic N) is 1. The molecule has 1 aromatic heterocycles. The van der Waals surface area contributed by atoms with E-state index in [2.05, 4.69) is 23.3 Å². The van der Waals surface area contributed by atoms with Crippen LogP contribution in [0.25, 0.3) is 0 Å². The van der Waals surface area contributed by atoms with E-state index < -0.39 is 0 Å². The van der Waals surface area contributed by atoms with E-state index in [0.29, 0.717) is 6.61 Å². The number of aliphatic hydroxyl groups is 1. The maximum atomic E-state index is 9.87. The van der Waals surface area contributed by atoms with Crippen molar-refractivity contribution in [2.24, 2.45) is 5.41 Å². The highest BCUT2D eigenvalue weighted by Crippen LogP contribution is 2.35. The van der Waals surface area contributed by atoms with Crippen molar-refractivity contribution in [2.75, 3.05) is 33.4 Å². The lowest BCUT2D eigenvalue weighted by molar-refractivity contribution is 0.0162. The van der Waals surface area contributed by atoms with Gasteiger partial charge in [-0.25, -0.2) is 0 Å². The minimum atomic E-state index is 0.0853. The molecular weight excluding hydrogens is 270 g/mol. The Morgan fingerprint density at radius 3 is 3.00 bits per heavy atom. The summed E-state index contributed by atoms with van der Waals surface area (Å²) in [5.41, 5.74) is 1.48. The molecule has 1 saturated heterocycles. The first-order valence-electron chi connectivity index (χ1n) is 7.54. The monoisotopic (exact) mass is 297 g/mol. The lowest BCUT2D eigenvalue weighted by Crippen LogP contribution is -2.45. The fourth-order valence-corrected chi connectivity index (χ4v) is 4.17. The van der Waals surface area contributed by atoms with Crippen LogP contribution in [0.4, 0.5) is 0 Å². The first-order chi connectivity index (χ1) is 9.69. The molecule has 0 aromatic carbocycles. The summed E-state index contributed by atoms with van der Waals surface area (Å²) in [6.07, 6.45) is 4.45. The Morgan fingerprint density at radius 1 is 1.50 bits per heavy atom. The number of aliphatic hydroxyl groups excluding tert-OH is 1. The second-order valence-corrected chi connectivity index (χ2v) is 7.10. The number of rotatable bonds is 7. The number of methoxy groups -OCH3 is 1. The van der Waals surface area contributed by atoms with Gasteiger partial charge in [0.05, 0.1) is 0 Å². The van der Waals surface area contributed by atoms with Crippen LogP contribution in [0.1, 0.15) is 36.1 Å². The molecule has 0 radical (unpaired) electrons.